The molecule has 1 amide bonds. The molecule has 1 N–H and O–H groups in total. The first-order valence-electron chi connectivity index (χ1n) is 9.06. The van der Waals surface area contributed by atoms with Crippen molar-refractivity contribution >= 4 is 35.0 Å². The zero-order valence-corrected chi connectivity index (χ0v) is 16.5. The minimum absolute atomic E-state index is 0.0453. The number of halogens is 1. The molecule has 4 rings (SSSR count). The number of aryl methyl sites for hydroxylation is 1. The second-order valence-corrected chi connectivity index (χ2v) is 8.14. The highest BCUT2D eigenvalue weighted by atomic mass is 35.5. The van der Waals surface area contributed by atoms with Gasteiger partial charge in [0.05, 0.1) is 24.2 Å². The summed E-state index contributed by atoms with van der Waals surface area (Å²) >= 11 is 6.39. The van der Waals surface area contributed by atoms with Crippen LogP contribution in [0.1, 0.15) is 13.3 Å². The molecule has 2 atom stereocenters. The molecule has 9 nitrogen and oxygen atoms in total. The van der Waals surface area contributed by atoms with Crippen LogP contribution in [0.3, 0.4) is 0 Å². The Hall–Kier alpha value is -2.86. The first-order chi connectivity index (χ1) is 13.4. The molecule has 2 saturated heterocycles. The molecule has 2 aromatic rings. The Morgan fingerprint density at radius 1 is 1.43 bits per heavy atom. The predicted octanol–water partition coefficient (Wildman–Crippen LogP) is 1.81. The summed E-state index contributed by atoms with van der Waals surface area (Å²) in [5.41, 5.74) is 0.753. The Kier molecular flexibility index (Phi) is 4.59. The Morgan fingerprint density at radius 3 is 2.93 bits per heavy atom. The topological polar surface area (TPSA) is 103 Å². The minimum Gasteiger partial charge on any atom is -0.354 e. The molecule has 0 radical (unpaired) electrons. The monoisotopic (exact) mass is 400 g/mol. The van der Waals surface area contributed by atoms with E-state index in [2.05, 4.69) is 32.2 Å². The average Bonchev–Trinajstić information content (AvgIpc) is 3.28. The Balaban J connectivity index is 1.50. The van der Waals surface area contributed by atoms with Crippen LogP contribution in [0.4, 0.5) is 17.5 Å². The number of rotatable bonds is 4. The summed E-state index contributed by atoms with van der Waals surface area (Å²) < 4.78 is 1.70. The third-order valence-corrected chi connectivity index (χ3v) is 5.81. The lowest BCUT2D eigenvalue weighted by atomic mass is 9.83. The van der Waals surface area contributed by atoms with Crippen LogP contribution in [-0.2, 0) is 11.8 Å². The summed E-state index contributed by atoms with van der Waals surface area (Å²) in [6.07, 6.45) is 5.08. The van der Waals surface area contributed by atoms with E-state index in [0.29, 0.717) is 35.8 Å². The smallest absolute Gasteiger partial charge is 0.236 e. The lowest BCUT2D eigenvalue weighted by Gasteiger charge is -2.26. The molecule has 28 heavy (non-hydrogen) atoms. The third-order valence-electron chi connectivity index (χ3n) is 5.54. The molecule has 0 spiro atoms. The third kappa shape index (κ3) is 3.36. The van der Waals surface area contributed by atoms with Gasteiger partial charge in [0.1, 0.15) is 11.4 Å². The summed E-state index contributed by atoms with van der Waals surface area (Å²) in [6.45, 7) is 5.00. The number of fused-ring (bicyclic) bond motifs is 1. The van der Waals surface area contributed by atoms with E-state index in [1.807, 2.05) is 24.2 Å². The molecule has 2 aliphatic heterocycles. The zero-order valence-electron chi connectivity index (χ0n) is 15.8. The first-order valence-corrected chi connectivity index (χ1v) is 9.43. The predicted molar refractivity (Wildman–Crippen MR) is 104 cm³/mol. The quantitative estimate of drug-likeness (QED) is 0.834. The molecular formula is C18H21ClN8O. The minimum atomic E-state index is -0.0901. The zero-order chi connectivity index (χ0) is 19.9. The van der Waals surface area contributed by atoms with Crippen molar-refractivity contribution in [2.75, 3.05) is 36.4 Å². The number of carbonyl (C=O) groups excluding carboxylic acids is 1. The van der Waals surface area contributed by atoms with Crippen molar-refractivity contribution in [1.82, 2.24) is 24.6 Å². The number of carbonyl (C=O) groups is 1. The van der Waals surface area contributed by atoms with Crippen molar-refractivity contribution < 1.29 is 4.79 Å². The van der Waals surface area contributed by atoms with E-state index >= 15 is 0 Å². The molecule has 0 unspecified atom stereocenters. The van der Waals surface area contributed by atoms with Gasteiger partial charge in [-0.2, -0.15) is 15.3 Å². The maximum Gasteiger partial charge on any atom is 0.236 e. The highest BCUT2D eigenvalue weighted by molar-refractivity contribution is 6.32. The van der Waals surface area contributed by atoms with Crippen molar-refractivity contribution in [2.24, 2.45) is 18.4 Å². The van der Waals surface area contributed by atoms with Gasteiger partial charge in [-0.15, -0.1) is 0 Å². The van der Waals surface area contributed by atoms with Gasteiger partial charge >= 0.3 is 0 Å². The molecule has 0 aliphatic carbocycles. The fourth-order valence-corrected chi connectivity index (χ4v) is 4.34. The summed E-state index contributed by atoms with van der Waals surface area (Å²) in [5, 5.41) is 16.5. The number of nitriles is 1. The summed E-state index contributed by atoms with van der Waals surface area (Å²) in [7, 11) is 1.84. The lowest BCUT2D eigenvalue weighted by Crippen LogP contribution is -2.35. The van der Waals surface area contributed by atoms with Gasteiger partial charge < -0.3 is 15.1 Å². The number of likely N-dealkylation sites (tertiary alicyclic amines) is 1. The van der Waals surface area contributed by atoms with E-state index in [9.17, 15) is 4.79 Å². The van der Waals surface area contributed by atoms with Gasteiger partial charge in [-0.1, -0.05) is 18.5 Å². The fourth-order valence-electron chi connectivity index (χ4n) is 4.13. The molecule has 10 heteroatoms. The SMILES string of the molecule is Cn1cc(Nc2ncc(Cl)c(N3C[C@H]4CN(C(=O)CC#N)C[C@@]4(C)C3)n2)cn1. The van der Waals surface area contributed by atoms with Gasteiger partial charge in [0.25, 0.3) is 0 Å². The second-order valence-electron chi connectivity index (χ2n) is 7.73. The van der Waals surface area contributed by atoms with Crippen molar-refractivity contribution in [3.05, 3.63) is 23.6 Å². The molecule has 4 heterocycles. The summed E-state index contributed by atoms with van der Waals surface area (Å²) in [5.74, 6) is 1.37. The Bertz CT molecular complexity index is 953. The van der Waals surface area contributed by atoms with E-state index in [0.717, 1.165) is 18.8 Å². The largest absolute Gasteiger partial charge is 0.354 e. The maximum absolute atomic E-state index is 12.1. The van der Waals surface area contributed by atoms with Gasteiger partial charge in [0.2, 0.25) is 11.9 Å². The first kappa shape index (κ1) is 18.5. The molecule has 2 aromatic heterocycles. The van der Waals surface area contributed by atoms with E-state index in [1.165, 1.54) is 0 Å². The van der Waals surface area contributed by atoms with Crippen molar-refractivity contribution in [3.63, 3.8) is 0 Å². The number of aromatic nitrogens is 4. The van der Waals surface area contributed by atoms with E-state index in [4.69, 9.17) is 16.9 Å². The van der Waals surface area contributed by atoms with Crippen LogP contribution in [-0.4, -0.2) is 56.7 Å². The van der Waals surface area contributed by atoms with Crippen LogP contribution in [0, 0.1) is 22.7 Å². The van der Waals surface area contributed by atoms with Gasteiger partial charge in [-0.3, -0.25) is 9.48 Å². The molecular weight excluding hydrogens is 380 g/mol. The van der Waals surface area contributed by atoms with Crippen LogP contribution in [0.25, 0.3) is 0 Å². The molecule has 0 saturated carbocycles. The Labute approximate surface area is 167 Å². The van der Waals surface area contributed by atoms with Crippen molar-refractivity contribution in [3.8, 4) is 6.07 Å². The number of anilines is 3. The van der Waals surface area contributed by atoms with E-state index in [1.54, 1.807) is 17.1 Å². The van der Waals surface area contributed by atoms with Crippen molar-refractivity contribution in [1.29, 1.82) is 5.26 Å². The van der Waals surface area contributed by atoms with Crippen LogP contribution >= 0.6 is 11.6 Å². The van der Waals surface area contributed by atoms with Crippen LogP contribution in [0.15, 0.2) is 18.6 Å². The Morgan fingerprint density at radius 2 is 2.25 bits per heavy atom. The molecule has 0 bridgehead atoms. The van der Waals surface area contributed by atoms with E-state index in [-0.39, 0.29) is 17.7 Å². The number of hydrogen-bond acceptors (Lipinski definition) is 7. The van der Waals surface area contributed by atoms with Crippen LogP contribution in [0.2, 0.25) is 5.02 Å². The normalized spacial score (nSPS) is 23.6. The van der Waals surface area contributed by atoms with E-state index < -0.39 is 0 Å². The van der Waals surface area contributed by atoms with Gasteiger partial charge in [-0.05, 0) is 0 Å². The van der Waals surface area contributed by atoms with Gasteiger partial charge in [-0.25, -0.2) is 4.98 Å². The molecule has 0 aromatic carbocycles. The van der Waals surface area contributed by atoms with Crippen LogP contribution in [0.5, 0.6) is 0 Å². The number of hydrogen-bond donors (Lipinski definition) is 1. The molecule has 146 valence electrons. The lowest BCUT2D eigenvalue weighted by molar-refractivity contribution is -0.129. The standard InChI is InChI=1S/C18H21ClN8O/c1-18-10-26(15(28)3-4-20)7-12(18)8-27(11-18)16-14(19)6-21-17(24-16)23-13-5-22-25(2)9-13/h5-6,9,12H,3,7-8,10-11H2,1-2H3,(H,21,23,24)/t12-,18+/m1/s1. The maximum atomic E-state index is 12.1. The van der Waals surface area contributed by atoms with Crippen LogP contribution < -0.4 is 10.2 Å². The highest BCUT2D eigenvalue weighted by Gasteiger charge is 2.50. The highest BCUT2D eigenvalue weighted by Crippen LogP contribution is 2.44. The molecule has 2 aliphatic rings. The van der Waals surface area contributed by atoms with Gasteiger partial charge in [0.15, 0.2) is 5.82 Å². The molecule has 2 fully saturated rings. The second kappa shape index (κ2) is 6.95. The van der Waals surface area contributed by atoms with Crippen molar-refractivity contribution in [2.45, 2.75) is 13.3 Å². The summed E-state index contributed by atoms with van der Waals surface area (Å²) in [6, 6.07) is 1.94. The number of nitrogens with one attached hydrogen (secondary N) is 1. The van der Waals surface area contributed by atoms with Gasteiger partial charge in [0, 0.05) is 50.8 Å². The number of amides is 1. The fraction of sp³-hybridized carbons (Fsp3) is 0.500. The number of nitrogens with zero attached hydrogens (tertiary/aromatic N) is 7. The average molecular weight is 401 g/mol. The summed E-state index contributed by atoms with van der Waals surface area (Å²) in [4.78, 5) is 24.9.